The van der Waals surface area contributed by atoms with Crippen LogP contribution in [0.4, 0.5) is 17.1 Å². The van der Waals surface area contributed by atoms with E-state index in [1.165, 1.54) is 21.5 Å². The smallest absolute Gasteiger partial charge is 0.227 e. The van der Waals surface area contributed by atoms with Crippen molar-refractivity contribution in [3.63, 3.8) is 0 Å². The van der Waals surface area contributed by atoms with Gasteiger partial charge < -0.3 is 13.7 Å². The molecule has 2 aromatic heterocycles. The minimum Gasteiger partial charge on any atom is -0.455 e. The normalized spacial score (nSPS) is 11.6. The standard InChI is InChI=1S/C51H32N2O2/c1-3-13-33(14-4-1)42-19-9-11-21-46(42)53(39-29-30-41-37(31-39)24-23-34-15-7-8-18-40(34)41)38-27-25-35(26-28-38)48-49-44(43-20-10-12-22-47(43)54-49)32-45-50(48)55-51(52-45)36-16-5-2-6-17-36/h1-32H. The number of hydrogen-bond donors (Lipinski definition) is 0. The molecule has 0 fully saturated rings. The molecule has 55 heavy (non-hydrogen) atoms. The second-order valence-electron chi connectivity index (χ2n) is 13.9. The molecule has 4 heteroatoms. The van der Waals surface area contributed by atoms with Crippen molar-refractivity contribution in [2.24, 2.45) is 0 Å². The zero-order valence-corrected chi connectivity index (χ0v) is 29.7. The van der Waals surface area contributed by atoms with E-state index in [0.717, 1.165) is 72.3 Å². The van der Waals surface area contributed by atoms with Gasteiger partial charge in [-0.3, -0.25) is 0 Å². The van der Waals surface area contributed by atoms with Gasteiger partial charge >= 0.3 is 0 Å². The molecule has 0 amide bonds. The highest BCUT2D eigenvalue weighted by atomic mass is 16.4. The van der Waals surface area contributed by atoms with Gasteiger partial charge in [-0.2, -0.15) is 0 Å². The lowest BCUT2D eigenvalue weighted by Crippen LogP contribution is -2.11. The Morgan fingerprint density at radius 3 is 1.89 bits per heavy atom. The monoisotopic (exact) mass is 704 g/mol. The highest BCUT2D eigenvalue weighted by molar-refractivity contribution is 6.17. The summed E-state index contributed by atoms with van der Waals surface area (Å²) < 4.78 is 13.2. The number of para-hydroxylation sites is 2. The zero-order valence-electron chi connectivity index (χ0n) is 29.7. The number of oxazole rings is 1. The van der Waals surface area contributed by atoms with E-state index in [9.17, 15) is 0 Å². The molecule has 4 nitrogen and oxygen atoms in total. The summed E-state index contributed by atoms with van der Waals surface area (Å²) in [6.07, 6.45) is 0. The predicted octanol–water partition coefficient (Wildman–Crippen LogP) is 14.5. The average Bonchev–Trinajstić information content (AvgIpc) is 3.85. The van der Waals surface area contributed by atoms with E-state index in [4.69, 9.17) is 13.8 Å². The summed E-state index contributed by atoms with van der Waals surface area (Å²) in [4.78, 5) is 7.36. The summed E-state index contributed by atoms with van der Waals surface area (Å²) in [6, 6.07) is 68.1. The molecule has 0 saturated carbocycles. The summed E-state index contributed by atoms with van der Waals surface area (Å²) in [5.41, 5.74) is 11.4. The van der Waals surface area contributed by atoms with Gasteiger partial charge in [0.2, 0.25) is 5.89 Å². The molecule has 0 N–H and O–H groups in total. The molecule has 0 radical (unpaired) electrons. The average molecular weight is 705 g/mol. The number of fused-ring (bicyclic) bond motifs is 7. The van der Waals surface area contributed by atoms with Crippen LogP contribution in [0.5, 0.6) is 0 Å². The summed E-state index contributed by atoms with van der Waals surface area (Å²) >= 11 is 0. The summed E-state index contributed by atoms with van der Waals surface area (Å²) in [5.74, 6) is 0.582. The Morgan fingerprint density at radius 2 is 1.05 bits per heavy atom. The Hall–Kier alpha value is -7.43. The molecule has 2 heterocycles. The molecule has 0 bridgehead atoms. The third-order valence-corrected chi connectivity index (χ3v) is 10.7. The first kappa shape index (κ1) is 31.1. The fourth-order valence-electron chi connectivity index (χ4n) is 8.08. The van der Waals surface area contributed by atoms with Gasteiger partial charge in [0.15, 0.2) is 5.58 Å². The van der Waals surface area contributed by atoms with E-state index in [1.807, 2.05) is 48.5 Å². The van der Waals surface area contributed by atoms with Crippen molar-refractivity contribution in [3.05, 3.63) is 194 Å². The second-order valence-corrected chi connectivity index (χ2v) is 13.9. The van der Waals surface area contributed by atoms with Crippen LogP contribution in [0, 0.1) is 0 Å². The summed E-state index contributed by atoms with van der Waals surface area (Å²) in [5, 5.41) is 6.97. The van der Waals surface area contributed by atoms with Crippen molar-refractivity contribution in [1.82, 2.24) is 4.98 Å². The van der Waals surface area contributed by atoms with Gasteiger partial charge in [-0.1, -0.05) is 140 Å². The second kappa shape index (κ2) is 12.6. The van der Waals surface area contributed by atoms with Crippen molar-refractivity contribution >= 4 is 71.6 Å². The fraction of sp³-hybridized carbons (Fsp3) is 0. The third kappa shape index (κ3) is 5.19. The molecule has 0 unspecified atom stereocenters. The number of rotatable bonds is 6. The number of anilines is 3. The molecule has 0 aliphatic carbocycles. The topological polar surface area (TPSA) is 42.4 Å². The largest absolute Gasteiger partial charge is 0.455 e. The number of furan rings is 1. The first-order valence-corrected chi connectivity index (χ1v) is 18.5. The van der Waals surface area contributed by atoms with Gasteiger partial charge in [0.25, 0.3) is 0 Å². The van der Waals surface area contributed by atoms with Gasteiger partial charge in [-0.15, -0.1) is 0 Å². The van der Waals surface area contributed by atoms with Crippen LogP contribution in [0.15, 0.2) is 203 Å². The maximum atomic E-state index is 6.62. The van der Waals surface area contributed by atoms with E-state index in [-0.39, 0.29) is 0 Å². The van der Waals surface area contributed by atoms with Gasteiger partial charge in [0.05, 0.1) is 11.3 Å². The summed E-state index contributed by atoms with van der Waals surface area (Å²) in [6.45, 7) is 0. The molecule has 0 atom stereocenters. The summed E-state index contributed by atoms with van der Waals surface area (Å²) in [7, 11) is 0. The Morgan fingerprint density at radius 1 is 0.400 bits per heavy atom. The highest BCUT2D eigenvalue weighted by Gasteiger charge is 2.23. The van der Waals surface area contributed by atoms with E-state index >= 15 is 0 Å². The van der Waals surface area contributed by atoms with Crippen LogP contribution in [0.3, 0.4) is 0 Å². The maximum Gasteiger partial charge on any atom is 0.227 e. The minimum atomic E-state index is 0.582. The highest BCUT2D eigenvalue weighted by Crippen LogP contribution is 2.45. The molecule has 11 aromatic rings. The lowest BCUT2D eigenvalue weighted by atomic mass is 9.98. The Bertz CT molecular complexity index is 3200. The quantitative estimate of drug-likeness (QED) is 0.162. The molecule has 9 aromatic carbocycles. The molecule has 0 spiro atoms. The van der Waals surface area contributed by atoms with Crippen LogP contribution >= 0.6 is 0 Å². The number of nitrogens with zero attached hydrogens (tertiary/aromatic N) is 2. The van der Waals surface area contributed by atoms with Crippen molar-refractivity contribution in [1.29, 1.82) is 0 Å². The Kier molecular flexibility index (Phi) is 7.14. The van der Waals surface area contributed by atoms with Crippen molar-refractivity contribution in [2.75, 3.05) is 4.90 Å². The molecule has 258 valence electrons. The molecule has 0 saturated heterocycles. The van der Waals surface area contributed by atoms with Crippen LogP contribution in [-0.2, 0) is 0 Å². The van der Waals surface area contributed by atoms with Crippen molar-refractivity contribution in [3.8, 4) is 33.7 Å². The zero-order chi connectivity index (χ0) is 36.3. The fourth-order valence-corrected chi connectivity index (χ4v) is 8.08. The lowest BCUT2D eigenvalue weighted by molar-refractivity contribution is 0.619. The number of aromatic nitrogens is 1. The van der Waals surface area contributed by atoms with Gasteiger partial charge in [-0.05, 0) is 87.3 Å². The van der Waals surface area contributed by atoms with E-state index in [0.29, 0.717) is 11.5 Å². The molecular weight excluding hydrogens is 673 g/mol. The molecule has 0 aliphatic rings. The van der Waals surface area contributed by atoms with Crippen LogP contribution in [-0.4, -0.2) is 4.98 Å². The SMILES string of the molecule is c1ccc(-c2nc3cc4c(oc5ccccc54)c(-c4ccc(N(c5ccc6c(ccc7ccccc76)c5)c5ccccc5-c5ccccc5)cc4)c3o2)cc1. The van der Waals surface area contributed by atoms with E-state index in [1.54, 1.807) is 0 Å². The van der Waals surface area contributed by atoms with Crippen LogP contribution < -0.4 is 4.90 Å². The Balaban J connectivity index is 1.11. The first-order valence-electron chi connectivity index (χ1n) is 18.5. The van der Waals surface area contributed by atoms with Crippen LogP contribution in [0.2, 0.25) is 0 Å². The predicted molar refractivity (Wildman–Crippen MR) is 227 cm³/mol. The molecule has 11 rings (SSSR count). The van der Waals surface area contributed by atoms with Crippen molar-refractivity contribution < 1.29 is 8.83 Å². The van der Waals surface area contributed by atoms with Crippen molar-refractivity contribution in [2.45, 2.75) is 0 Å². The number of hydrogen-bond acceptors (Lipinski definition) is 4. The lowest BCUT2D eigenvalue weighted by Gasteiger charge is -2.28. The maximum absolute atomic E-state index is 6.62. The van der Waals surface area contributed by atoms with Crippen LogP contribution in [0.1, 0.15) is 0 Å². The third-order valence-electron chi connectivity index (χ3n) is 10.7. The van der Waals surface area contributed by atoms with Gasteiger partial charge in [0, 0.05) is 33.3 Å². The van der Waals surface area contributed by atoms with E-state index in [2.05, 4.69) is 150 Å². The Labute approximate surface area is 317 Å². The van der Waals surface area contributed by atoms with Crippen LogP contribution in [0.25, 0.3) is 88.3 Å². The van der Waals surface area contributed by atoms with Gasteiger partial charge in [-0.25, -0.2) is 4.98 Å². The number of benzene rings is 9. The van der Waals surface area contributed by atoms with Gasteiger partial charge in [0.1, 0.15) is 16.7 Å². The molecular formula is C51H32N2O2. The first-order chi connectivity index (χ1) is 27.3. The molecule has 0 aliphatic heterocycles. The minimum absolute atomic E-state index is 0.582. The van der Waals surface area contributed by atoms with E-state index < -0.39 is 0 Å².